The third-order valence-electron chi connectivity index (χ3n) is 2.36. The molecule has 1 radical (unpaired) electrons. The third kappa shape index (κ3) is 3.86. The van der Waals surface area contributed by atoms with Gasteiger partial charge in [-0.05, 0) is 36.1 Å². The van der Waals surface area contributed by atoms with Crippen LogP contribution in [0.2, 0.25) is 0 Å². The number of ether oxygens (including phenoxy) is 1. The zero-order chi connectivity index (χ0) is 12.1. The number of aliphatic hydroxyl groups excluding tert-OH is 1. The van der Waals surface area contributed by atoms with E-state index in [4.69, 9.17) is 9.84 Å². The molecule has 2 nitrogen and oxygen atoms in total. The van der Waals surface area contributed by atoms with Gasteiger partial charge in [0, 0.05) is 5.92 Å². The van der Waals surface area contributed by atoms with Gasteiger partial charge in [-0.25, -0.2) is 0 Å². The summed E-state index contributed by atoms with van der Waals surface area (Å²) in [7, 11) is 0. The number of hydrogen-bond donors (Lipinski definition) is 1. The van der Waals surface area contributed by atoms with Gasteiger partial charge in [0.15, 0.2) is 0 Å². The molecule has 0 aliphatic heterocycles. The second kappa shape index (κ2) is 5.90. The van der Waals surface area contributed by atoms with E-state index in [-0.39, 0.29) is 6.61 Å². The molecule has 0 saturated heterocycles. The van der Waals surface area contributed by atoms with Crippen molar-refractivity contribution in [3.8, 4) is 5.75 Å². The summed E-state index contributed by atoms with van der Waals surface area (Å²) in [6.45, 7) is 9.04. The fourth-order valence-corrected chi connectivity index (χ4v) is 1.43. The first-order chi connectivity index (χ1) is 7.52. The second-order valence-electron chi connectivity index (χ2n) is 4.68. The maximum absolute atomic E-state index is 9.11. The van der Waals surface area contributed by atoms with Crippen LogP contribution in [0.15, 0.2) is 18.2 Å². The van der Waals surface area contributed by atoms with E-state index in [1.54, 1.807) is 0 Å². The highest BCUT2D eigenvalue weighted by molar-refractivity contribution is 5.40. The quantitative estimate of drug-likeness (QED) is 0.828. The highest BCUT2D eigenvalue weighted by Gasteiger charge is 2.07. The molecule has 1 aromatic rings. The van der Waals surface area contributed by atoms with Crippen LogP contribution < -0.4 is 4.74 Å². The molecule has 1 rings (SSSR count). The van der Waals surface area contributed by atoms with Crippen LogP contribution in [-0.4, -0.2) is 18.3 Å². The number of aryl methyl sites for hydroxylation is 1. The zero-order valence-electron chi connectivity index (χ0n) is 10.6. The standard InChI is InChI=1S/C14H21O2/c1-10(2)9-16-14-6-11(3)5-13(7-14)12(4)8-15/h5-7,10,15H,8-9H2,1-4H3. The van der Waals surface area contributed by atoms with Crippen molar-refractivity contribution in [2.75, 3.05) is 13.2 Å². The number of benzene rings is 1. The molecule has 0 aliphatic rings. The van der Waals surface area contributed by atoms with Gasteiger partial charge in [0.05, 0.1) is 13.2 Å². The molecule has 0 fully saturated rings. The van der Waals surface area contributed by atoms with Crippen molar-refractivity contribution in [3.63, 3.8) is 0 Å². The maximum atomic E-state index is 9.11. The smallest absolute Gasteiger partial charge is 0.119 e. The molecular formula is C14H21O2. The van der Waals surface area contributed by atoms with Crippen molar-refractivity contribution in [1.29, 1.82) is 0 Å². The Balaban J connectivity index is 2.81. The minimum atomic E-state index is 0.0904. The van der Waals surface area contributed by atoms with Gasteiger partial charge in [0.1, 0.15) is 5.75 Å². The fraction of sp³-hybridized carbons (Fsp3) is 0.500. The lowest BCUT2D eigenvalue weighted by Gasteiger charge is -2.13. The molecule has 0 heterocycles. The molecule has 1 N–H and O–H groups in total. The third-order valence-corrected chi connectivity index (χ3v) is 2.36. The molecule has 2 heteroatoms. The van der Waals surface area contributed by atoms with E-state index in [2.05, 4.69) is 19.9 Å². The predicted octanol–water partition coefficient (Wildman–Crippen LogP) is 2.96. The van der Waals surface area contributed by atoms with Crippen LogP contribution in [0.1, 0.15) is 31.9 Å². The lowest BCUT2D eigenvalue weighted by atomic mass is 10.00. The maximum Gasteiger partial charge on any atom is 0.119 e. The highest BCUT2D eigenvalue weighted by Crippen LogP contribution is 2.22. The Bertz CT molecular complexity index is 332. The first-order valence-corrected chi connectivity index (χ1v) is 5.71. The Morgan fingerprint density at radius 2 is 2.00 bits per heavy atom. The largest absolute Gasteiger partial charge is 0.493 e. The van der Waals surface area contributed by atoms with Crippen molar-refractivity contribution in [1.82, 2.24) is 0 Å². The summed E-state index contributed by atoms with van der Waals surface area (Å²) >= 11 is 0. The van der Waals surface area contributed by atoms with Crippen LogP contribution in [0.25, 0.3) is 0 Å². The van der Waals surface area contributed by atoms with Crippen LogP contribution in [0.3, 0.4) is 0 Å². The van der Waals surface area contributed by atoms with Gasteiger partial charge >= 0.3 is 0 Å². The Morgan fingerprint density at radius 3 is 2.56 bits per heavy atom. The minimum absolute atomic E-state index is 0.0904. The van der Waals surface area contributed by atoms with Gasteiger partial charge in [-0.15, -0.1) is 0 Å². The van der Waals surface area contributed by atoms with Gasteiger partial charge < -0.3 is 9.84 Å². The van der Waals surface area contributed by atoms with Gasteiger partial charge in [-0.1, -0.05) is 26.8 Å². The monoisotopic (exact) mass is 221 g/mol. The molecule has 1 aromatic carbocycles. The molecule has 16 heavy (non-hydrogen) atoms. The molecule has 0 amide bonds. The van der Waals surface area contributed by atoms with Crippen LogP contribution >= 0.6 is 0 Å². The van der Waals surface area contributed by atoms with Crippen molar-refractivity contribution >= 4 is 0 Å². The molecule has 0 spiro atoms. The fourth-order valence-electron chi connectivity index (χ4n) is 1.43. The van der Waals surface area contributed by atoms with Crippen LogP contribution in [0.4, 0.5) is 0 Å². The molecule has 0 atom stereocenters. The van der Waals surface area contributed by atoms with Crippen molar-refractivity contribution in [2.45, 2.75) is 27.7 Å². The average molecular weight is 221 g/mol. The highest BCUT2D eigenvalue weighted by atomic mass is 16.5. The van der Waals surface area contributed by atoms with E-state index < -0.39 is 0 Å². The van der Waals surface area contributed by atoms with Crippen molar-refractivity contribution in [2.24, 2.45) is 5.92 Å². The zero-order valence-corrected chi connectivity index (χ0v) is 10.6. The molecule has 0 bridgehead atoms. The van der Waals surface area contributed by atoms with Gasteiger partial charge in [-0.2, -0.15) is 0 Å². The molecule has 0 saturated carbocycles. The summed E-state index contributed by atoms with van der Waals surface area (Å²) in [6, 6.07) is 6.07. The number of aliphatic hydroxyl groups is 1. The van der Waals surface area contributed by atoms with E-state index in [1.165, 1.54) is 0 Å². The summed E-state index contributed by atoms with van der Waals surface area (Å²) in [5.41, 5.74) is 2.21. The van der Waals surface area contributed by atoms with E-state index >= 15 is 0 Å². The van der Waals surface area contributed by atoms with E-state index in [1.807, 2.05) is 26.0 Å². The predicted molar refractivity (Wildman–Crippen MR) is 66.6 cm³/mol. The Labute approximate surface area is 98.3 Å². The van der Waals surface area contributed by atoms with Crippen molar-refractivity contribution < 1.29 is 9.84 Å². The summed E-state index contributed by atoms with van der Waals surface area (Å²) in [5.74, 6) is 2.38. The molecule has 0 aromatic heterocycles. The molecule has 0 aliphatic carbocycles. The van der Waals surface area contributed by atoms with E-state index in [0.29, 0.717) is 5.92 Å². The van der Waals surface area contributed by atoms with Crippen LogP contribution in [-0.2, 0) is 0 Å². The van der Waals surface area contributed by atoms with E-state index in [0.717, 1.165) is 29.4 Å². The minimum Gasteiger partial charge on any atom is -0.493 e. The summed E-state index contributed by atoms with van der Waals surface area (Å²) in [5, 5.41) is 9.11. The first kappa shape index (κ1) is 13.0. The van der Waals surface area contributed by atoms with Crippen LogP contribution in [0.5, 0.6) is 5.75 Å². The topological polar surface area (TPSA) is 29.5 Å². The Hall–Kier alpha value is -1.02. The van der Waals surface area contributed by atoms with Gasteiger partial charge in [-0.3, -0.25) is 0 Å². The molecule has 89 valence electrons. The van der Waals surface area contributed by atoms with Crippen molar-refractivity contribution in [3.05, 3.63) is 35.2 Å². The average Bonchev–Trinajstić information content (AvgIpc) is 2.24. The lowest BCUT2D eigenvalue weighted by Crippen LogP contribution is -2.06. The summed E-state index contributed by atoms with van der Waals surface area (Å²) < 4.78 is 5.69. The first-order valence-electron chi connectivity index (χ1n) is 5.71. The Morgan fingerprint density at radius 1 is 1.31 bits per heavy atom. The van der Waals surface area contributed by atoms with Crippen LogP contribution in [0, 0.1) is 18.8 Å². The lowest BCUT2D eigenvalue weighted by molar-refractivity contribution is 0.270. The summed E-state index contributed by atoms with van der Waals surface area (Å²) in [6.07, 6.45) is 0. The summed E-state index contributed by atoms with van der Waals surface area (Å²) in [4.78, 5) is 0. The second-order valence-corrected chi connectivity index (χ2v) is 4.68. The Kier molecular flexibility index (Phi) is 4.81. The normalized spacial score (nSPS) is 11.2. The number of rotatable bonds is 5. The molecular weight excluding hydrogens is 200 g/mol. The molecule has 0 unspecified atom stereocenters. The van der Waals surface area contributed by atoms with Gasteiger partial charge in [0.25, 0.3) is 0 Å². The SMILES string of the molecule is C[C](CO)c1cc(C)cc(OCC(C)C)c1. The number of hydrogen-bond acceptors (Lipinski definition) is 2. The van der Waals surface area contributed by atoms with Gasteiger partial charge in [0.2, 0.25) is 0 Å². The van der Waals surface area contributed by atoms with E-state index in [9.17, 15) is 0 Å².